The van der Waals surface area contributed by atoms with Crippen LogP contribution in [0.25, 0.3) is 0 Å². The quantitative estimate of drug-likeness (QED) is 0.562. The van der Waals surface area contributed by atoms with Crippen molar-refractivity contribution in [3.63, 3.8) is 0 Å². The number of anilines is 1. The molecule has 0 unspecified atom stereocenters. The number of nitrogens with zero attached hydrogens (tertiary/aromatic N) is 1. The van der Waals surface area contributed by atoms with Crippen LogP contribution < -0.4 is 4.90 Å². The molecule has 3 aliphatic carbocycles. The van der Waals surface area contributed by atoms with Gasteiger partial charge in [0.15, 0.2) is 0 Å². The highest BCUT2D eigenvalue weighted by atomic mass is 35.5. The van der Waals surface area contributed by atoms with Gasteiger partial charge in [-0.25, -0.2) is 4.90 Å². The lowest BCUT2D eigenvalue weighted by molar-refractivity contribution is -0.122. The standard InChI is InChI=1S/C20H20ClNO2/c21-11-4-1-5-12(10-11)22-19(23)17-15-8-2-6-13(15)14-7-3-9-16(14)18(17)20(22)24/h1,4-5,10,15-18H,2-3,6-9H2/t15-,16-,17-,18+/m0/s1. The van der Waals surface area contributed by atoms with Gasteiger partial charge in [0, 0.05) is 5.02 Å². The molecule has 1 saturated heterocycles. The van der Waals surface area contributed by atoms with Crippen LogP contribution in [-0.4, -0.2) is 11.8 Å². The molecule has 4 atom stereocenters. The summed E-state index contributed by atoms with van der Waals surface area (Å²) in [6.07, 6.45) is 6.73. The summed E-state index contributed by atoms with van der Waals surface area (Å²) in [5.74, 6) is 0.340. The van der Waals surface area contributed by atoms with Crippen LogP contribution >= 0.6 is 11.6 Å². The molecule has 1 aromatic rings. The number of carbonyl (C=O) groups is 2. The fourth-order valence-electron chi connectivity index (χ4n) is 5.76. The van der Waals surface area contributed by atoms with E-state index in [0.717, 1.165) is 38.5 Å². The van der Waals surface area contributed by atoms with Crippen LogP contribution in [0.5, 0.6) is 0 Å². The highest BCUT2D eigenvalue weighted by Gasteiger charge is 2.59. The summed E-state index contributed by atoms with van der Waals surface area (Å²) in [6, 6.07) is 7.13. The number of hydrogen-bond donors (Lipinski definition) is 0. The summed E-state index contributed by atoms with van der Waals surface area (Å²) >= 11 is 6.09. The number of hydrogen-bond acceptors (Lipinski definition) is 2. The molecule has 124 valence electrons. The minimum Gasteiger partial charge on any atom is -0.274 e. The number of imide groups is 1. The molecule has 0 bridgehead atoms. The van der Waals surface area contributed by atoms with Gasteiger partial charge in [0.05, 0.1) is 17.5 Å². The third kappa shape index (κ3) is 1.85. The molecule has 3 fully saturated rings. The molecule has 4 heteroatoms. The zero-order valence-corrected chi connectivity index (χ0v) is 14.3. The Morgan fingerprint density at radius 2 is 1.50 bits per heavy atom. The first kappa shape index (κ1) is 14.7. The molecule has 2 amide bonds. The summed E-state index contributed by atoms with van der Waals surface area (Å²) in [4.78, 5) is 27.9. The van der Waals surface area contributed by atoms with Crippen LogP contribution in [0.1, 0.15) is 38.5 Å². The molecule has 0 radical (unpaired) electrons. The van der Waals surface area contributed by atoms with E-state index in [-0.39, 0.29) is 23.7 Å². The Hall–Kier alpha value is -1.61. The summed E-state index contributed by atoms with van der Waals surface area (Å²) in [5.41, 5.74) is 3.70. The minimum atomic E-state index is -0.138. The van der Waals surface area contributed by atoms with E-state index in [2.05, 4.69) is 0 Å². The van der Waals surface area contributed by atoms with Crippen molar-refractivity contribution in [3.05, 3.63) is 40.4 Å². The lowest BCUT2D eigenvalue weighted by Gasteiger charge is -2.34. The van der Waals surface area contributed by atoms with Crippen LogP contribution in [-0.2, 0) is 9.59 Å². The number of benzene rings is 1. The number of carbonyl (C=O) groups excluding carboxylic acids is 2. The van der Waals surface area contributed by atoms with Gasteiger partial charge in [0.1, 0.15) is 0 Å². The third-order valence-corrected chi connectivity index (χ3v) is 6.80. The van der Waals surface area contributed by atoms with Gasteiger partial charge < -0.3 is 0 Å². The van der Waals surface area contributed by atoms with E-state index in [9.17, 15) is 9.59 Å². The fourth-order valence-corrected chi connectivity index (χ4v) is 5.95. The Labute approximate surface area is 146 Å². The number of fused-ring (bicyclic) bond motifs is 5. The fraction of sp³-hybridized carbons (Fsp3) is 0.500. The highest BCUT2D eigenvalue weighted by Crippen LogP contribution is 2.57. The molecule has 5 rings (SSSR count). The minimum absolute atomic E-state index is 0.00242. The molecule has 1 aliphatic heterocycles. The average Bonchev–Trinajstić information content (AvgIpc) is 3.25. The van der Waals surface area contributed by atoms with Gasteiger partial charge in [-0.1, -0.05) is 28.8 Å². The maximum absolute atomic E-state index is 13.2. The molecule has 4 aliphatic rings. The first-order valence-electron chi connectivity index (χ1n) is 9.02. The Bertz CT molecular complexity index is 742. The first-order valence-corrected chi connectivity index (χ1v) is 9.40. The molecule has 1 heterocycles. The highest BCUT2D eigenvalue weighted by molar-refractivity contribution is 6.31. The van der Waals surface area contributed by atoms with E-state index in [1.807, 2.05) is 6.07 Å². The number of rotatable bonds is 1. The van der Waals surface area contributed by atoms with Crippen LogP contribution in [0.3, 0.4) is 0 Å². The van der Waals surface area contributed by atoms with Crippen molar-refractivity contribution in [1.82, 2.24) is 0 Å². The predicted molar refractivity (Wildman–Crippen MR) is 92.6 cm³/mol. The van der Waals surface area contributed by atoms with Crippen molar-refractivity contribution in [1.29, 1.82) is 0 Å². The van der Waals surface area contributed by atoms with Gasteiger partial charge in [0.2, 0.25) is 11.8 Å². The molecule has 0 N–H and O–H groups in total. The maximum Gasteiger partial charge on any atom is 0.238 e. The zero-order valence-electron chi connectivity index (χ0n) is 13.5. The topological polar surface area (TPSA) is 37.4 Å². The van der Waals surface area contributed by atoms with Crippen LogP contribution in [0.4, 0.5) is 5.69 Å². The second kappa shape index (κ2) is 5.19. The van der Waals surface area contributed by atoms with Crippen LogP contribution in [0.15, 0.2) is 35.4 Å². The second-order valence-electron chi connectivity index (χ2n) is 7.59. The Morgan fingerprint density at radius 1 is 0.917 bits per heavy atom. The number of allylic oxidation sites excluding steroid dienone is 2. The molecule has 0 aromatic heterocycles. The molecule has 24 heavy (non-hydrogen) atoms. The van der Waals surface area contributed by atoms with Gasteiger partial charge in [-0.05, 0) is 68.6 Å². The summed E-state index contributed by atoms with van der Waals surface area (Å²) < 4.78 is 0. The molecular formula is C20H20ClNO2. The van der Waals surface area contributed by atoms with Gasteiger partial charge in [0.25, 0.3) is 0 Å². The Kier molecular flexibility index (Phi) is 3.18. The Morgan fingerprint density at radius 3 is 2.04 bits per heavy atom. The summed E-state index contributed by atoms with van der Waals surface area (Å²) in [5, 5.41) is 0.559. The second-order valence-corrected chi connectivity index (χ2v) is 8.03. The summed E-state index contributed by atoms with van der Waals surface area (Å²) in [6.45, 7) is 0. The van der Waals surface area contributed by atoms with Gasteiger partial charge in [-0.3, -0.25) is 9.59 Å². The van der Waals surface area contributed by atoms with E-state index in [0.29, 0.717) is 22.5 Å². The lowest BCUT2D eigenvalue weighted by Crippen LogP contribution is -2.35. The smallest absolute Gasteiger partial charge is 0.238 e. The average molecular weight is 342 g/mol. The van der Waals surface area contributed by atoms with E-state index in [1.54, 1.807) is 18.2 Å². The van der Waals surface area contributed by atoms with Crippen molar-refractivity contribution in [2.45, 2.75) is 38.5 Å². The molecule has 3 nitrogen and oxygen atoms in total. The molecule has 0 spiro atoms. The van der Waals surface area contributed by atoms with E-state index in [4.69, 9.17) is 11.6 Å². The largest absolute Gasteiger partial charge is 0.274 e. The molecular weight excluding hydrogens is 322 g/mol. The SMILES string of the molecule is O=C1[C@@H]2[C@H](C(=O)N1c1cccc(Cl)c1)[C@H]1CCCC1=C1CCC[C@@H]12. The van der Waals surface area contributed by atoms with Gasteiger partial charge in [-0.15, -0.1) is 0 Å². The van der Waals surface area contributed by atoms with E-state index >= 15 is 0 Å². The normalized spacial score (nSPS) is 34.6. The maximum atomic E-state index is 13.2. The summed E-state index contributed by atoms with van der Waals surface area (Å²) in [7, 11) is 0. The van der Waals surface area contributed by atoms with E-state index < -0.39 is 0 Å². The van der Waals surface area contributed by atoms with Crippen LogP contribution in [0, 0.1) is 23.7 Å². The van der Waals surface area contributed by atoms with Crippen molar-refractivity contribution < 1.29 is 9.59 Å². The lowest BCUT2D eigenvalue weighted by atomic mass is 9.66. The third-order valence-electron chi connectivity index (χ3n) is 6.56. The Balaban J connectivity index is 1.61. The predicted octanol–water partition coefficient (Wildman–Crippen LogP) is 4.36. The van der Waals surface area contributed by atoms with Crippen molar-refractivity contribution in [2.75, 3.05) is 4.90 Å². The number of amides is 2. The van der Waals surface area contributed by atoms with Gasteiger partial charge in [-0.2, -0.15) is 0 Å². The number of halogens is 1. The van der Waals surface area contributed by atoms with Crippen molar-refractivity contribution >= 4 is 29.1 Å². The molecule has 2 saturated carbocycles. The molecule has 1 aromatic carbocycles. The van der Waals surface area contributed by atoms with Gasteiger partial charge >= 0.3 is 0 Å². The van der Waals surface area contributed by atoms with Crippen LogP contribution in [0.2, 0.25) is 5.02 Å². The monoisotopic (exact) mass is 341 g/mol. The van der Waals surface area contributed by atoms with Crippen molar-refractivity contribution in [3.8, 4) is 0 Å². The van der Waals surface area contributed by atoms with E-state index in [1.165, 1.54) is 16.0 Å². The zero-order chi connectivity index (χ0) is 16.4. The van der Waals surface area contributed by atoms with Crippen molar-refractivity contribution in [2.24, 2.45) is 23.7 Å². The first-order chi connectivity index (χ1) is 11.7.